The van der Waals surface area contributed by atoms with Crippen molar-refractivity contribution in [3.8, 4) is 0 Å². The fourth-order valence-corrected chi connectivity index (χ4v) is 3.77. The van der Waals surface area contributed by atoms with Crippen LogP contribution in [0.15, 0.2) is 12.1 Å². The number of fused-ring (bicyclic) bond motifs is 1. The highest BCUT2D eigenvalue weighted by molar-refractivity contribution is 6.35. The molecule has 0 aromatic heterocycles. The van der Waals surface area contributed by atoms with Crippen LogP contribution in [0.2, 0.25) is 10.0 Å². The smallest absolute Gasteiger partial charge is 0.0641 e. The molecule has 4 heteroatoms. The number of hydrogen-bond acceptors (Lipinski definition) is 2. The lowest BCUT2D eigenvalue weighted by Crippen LogP contribution is -2.42. The lowest BCUT2D eigenvalue weighted by atomic mass is 9.97. The highest BCUT2D eigenvalue weighted by Gasteiger charge is 2.31. The minimum absolute atomic E-state index is 0.524. The molecule has 0 radical (unpaired) electrons. The van der Waals surface area contributed by atoms with E-state index < -0.39 is 0 Å². The fourth-order valence-electron chi connectivity index (χ4n) is 3.33. The molecule has 2 saturated heterocycles. The summed E-state index contributed by atoms with van der Waals surface area (Å²) in [6, 6.07) is 5.19. The highest BCUT2D eigenvalue weighted by Crippen LogP contribution is 2.33. The van der Waals surface area contributed by atoms with Crippen LogP contribution in [0.3, 0.4) is 0 Å². The van der Waals surface area contributed by atoms with Crippen LogP contribution in [0.1, 0.15) is 31.2 Å². The van der Waals surface area contributed by atoms with Crippen LogP contribution >= 0.6 is 23.2 Å². The number of rotatable bonds is 2. The second-order valence-corrected chi connectivity index (χ2v) is 6.59. The van der Waals surface area contributed by atoms with Gasteiger partial charge in [0.25, 0.3) is 0 Å². The molecule has 19 heavy (non-hydrogen) atoms. The molecule has 104 valence electrons. The van der Waals surface area contributed by atoms with E-state index in [0.29, 0.717) is 6.04 Å². The van der Waals surface area contributed by atoms with Gasteiger partial charge in [-0.1, -0.05) is 23.2 Å². The van der Waals surface area contributed by atoms with Crippen molar-refractivity contribution in [3.05, 3.63) is 27.7 Å². The molecular weight excluding hydrogens is 279 g/mol. The predicted octanol–water partition coefficient (Wildman–Crippen LogP) is 4.34. The van der Waals surface area contributed by atoms with E-state index in [9.17, 15) is 0 Å². The Kier molecular flexibility index (Phi) is 3.93. The Bertz CT molecular complexity index is 475. The Balaban J connectivity index is 1.70. The van der Waals surface area contributed by atoms with Crippen LogP contribution in [0, 0.1) is 6.92 Å². The van der Waals surface area contributed by atoms with Crippen LogP contribution in [0.4, 0.5) is 5.69 Å². The van der Waals surface area contributed by atoms with E-state index in [0.717, 1.165) is 27.3 Å². The van der Waals surface area contributed by atoms with Gasteiger partial charge in [-0.2, -0.15) is 0 Å². The summed E-state index contributed by atoms with van der Waals surface area (Å²) in [5, 5.41) is 5.14. The Morgan fingerprint density at radius 1 is 1.16 bits per heavy atom. The molecule has 0 bridgehead atoms. The van der Waals surface area contributed by atoms with Gasteiger partial charge in [0.15, 0.2) is 0 Å². The van der Waals surface area contributed by atoms with Gasteiger partial charge < -0.3 is 10.2 Å². The fraction of sp³-hybridized carbons (Fsp3) is 0.600. The van der Waals surface area contributed by atoms with Gasteiger partial charge >= 0.3 is 0 Å². The van der Waals surface area contributed by atoms with Gasteiger partial charge in [-0.05, 0) is 56.8 Å². The lowest BCUT2D eigenvalue weighted by molar-refractivity contribution is 0.188. The standard InChI is InChI=1S/C15H20Cl2N2/c1-10-7-14(17)15(9-13(10)16)18-11-4-6-19-5-2-3-12(19)8-11/h7,9,11-12,18H,2-6,8H2,1H3. The van der Waals surface area contributed by atoms with Crippen molar-refractivity contribution in [2.75, 3.05) is 18.4 Å². The number of benzene rings is 1. The molecule has 1 aromatic carbocycles. The van der Waals surface area contributed by atoms with Crippen molar-refractivity contribution in [2.24, 2.45) is 0 Å². The maximum atomic E-state index is 6.30. The zero-order valence-corrected chi connectivity index (χ0v) is 12.8. The molecule has 0 spiro atoms. The van der Waals surface area contributed by atoms with Gasteiger partial charge in [0.1, 0.15) is 0 Å². The lowest BCUT2D eigenvalue weighted by Gasteiger charge is -2.35. The molecule has 3 rings (SSSR count). The van der Waals surface area contributed by atoms with Crippen LogP contribution in [0.25, 0.3) is 0 Å². The summed E-state index contributed by atoms with van der Waals surface area (Å²) in [4.78, 5) is 2.63. The number of halogens is 2. The topological polar surface area (TPSA) is 15.3 Å². The molecule has 0 saturated carbocycles. The number of piperidine rings is 1. The summed E-state index contributed by atoms with van der Waals surface area (Å²) in [6.07, 6.45) is 5.12. The molecule has 2 aliphatic rings. The monoisotopic (exact) mass is 298 g/mol. The third-order valence-corrected chi connectivity index (χ3v) is 5.15. The summed E-state index contributed by atoms with van der Waals surface area (Å²) in [5.41, 5.74) is 2.01. The summed E-state index contributed by atoms with van der Waals surface area (Å²) in [6.45, 7) is 4.48. The number of hydrogen-bond donors (Lipinski definition) is 1. The second-order valence-electron chi connectivity index (χ2n) is 5.78. The maximum Gasteiger partial charge on any atom is 0.0641 e. The van der Waals surface area contributed by atoms with Gasteiger partial charge in [-0.15, -0.1) is 0 Å². The van der Waals surface area contributed by atoms with Crippen molar-refractivity contribution in [1.82, 2.24) is 4.90 Å². The van der Waals surface area contributed by atoms with Crippen molar-refractivity contribution in [1.29, 1.82) is 0 Å². The normalized spacial score (nSPS) is 27.3. The molecule has 2 unspecified atom stereocenters. The molecule has 2 nitrogen and oxygen atoms in total. The first-order valence-corrected chi connectivity index (χ1v) is 7.85. The van der Waals surface area contributed by atoms with Crippen molar-refractivity contribution < 1.29 is 0 Å². The quantitative estimate of drug-likeness (QED) is 0.874. The molecule has 1 aromatic rings. The summed E-state index contributed by atoms with van der Waals surface area (Å²) in [7, 11) is 0. The van der Waals surface area contributed by atoms with Crippen molar-refractivity contribution in [3.63, 3.8) is 0 Å². The van der Waals surface area contributed by atoms with Crippen molar-refractivity contribution >= 4 is 28.9 Å². The second kappa shape index (κ2) is 5.51. The van der Waals surface area contributed by atoms with E-state index in [1.165, 1.54) is 38.8 Å². The first-order valence-electron chi connectivity index (χ1n) is 7.09. The number of nitrogens with zero attached hydrogens (tertiary/aromatic N) is 1. The number of aryl methyl sites for hydroxylation is 1. The van der Waals surface area contributed by atoms with Crippen molar-refractivity contribution in [2.45, 2.75) is 44.7 Å². The Morgan fingerprint density at radius 2 is 2.00 bits per heavy atom. The largest absolute Gasteiger partial charge is 0.381 e. The predicted molar refractivity (Wildman–Crippen MR) is 82.4 cm³/mol. The summed E-state index contributed by atoms with van der Waals surface area (Å²) < 4.78 is 0. The molecule has 2 aliphatic heterocycles. The highest BCUT2D eigenvalue weighted by atomic mass is 35.5. The van der Waals surface area contributed by atoms with E-state index in [2.05, 4.69) is 10.2 Å². The average Bonchev–Trinajstić information content (AvgIpc) is 2.83. The van der Waals surface area contributed by atoms with Crippen LogP contribution in [0.5, 0.6) is 0 Å². The first kappa shape index (κ1) is 13.5. The van der Waals surface area contributed by atoms with Gasteiger partial charge in [0, 0.05) is 23.7 Å². The van der Waals surface area contributed by atoms with Crippen LogP contribution in [-0.4, -0.2) is 30.1 Å². The maximum absolute atomic E-state index is 6.30. The minimum atomic E-state index is 0.524. The Morgan fingerprint density at radius 3 is 2.84 bits per heavy atom. The van der Waals surface area contributed by atoms with E-state index in [4.69, 9.17) is 23.2 Å². The van der Waals surface area contributed by atoms with Gasteiger partial charge in [0.2, 0.25) is 0 Å². The van der Waals surface area contributed by atoms with Gasteiger partial charge in [-0.25, -0.2) is 0 Å². The average molecular weight is 299 g/mol. The van der Waals surface area contributed by atoms with Crippen LogP contribution in [-0.2, 0) is 0 Å². The molecule has 0 amide bonds. The molecule has 0 aliphatic carbocycles. The van der Waals surface area contributed by atoms with E-state index >= 15 is 0 Å². The van der Waals surface area contributed by atoms with E-state index in [1.807, 2.05) is 19.1 Å². The molecular formula is C15H20Cl2N2. The minimum Gasteiger partial charge on any atom is -0.381 e. The SMILES string of the molecule is Cc1cc(Cl)c(NC2CCN3CCCC3C2)cc1Cl. The zero-order chi connectivity index (χ0) is 13.4. The molecule has 2 fully saturated rings. The molecule has 2 heterocycles. The molecule has 1 N–H and O–H groups in total. The molecule has 2 atom stereocenters. The summed E-state index contributed by atoms with van der Waals surface area (Å²) in [5.74, 6) is 0. The van der Waals surface area contributed by atoms with Gasteiger partial charge in [-0.3, -0.25) is 0 Å². The van der Waals surface area contributed by atoms with E-state index in [-0.39, 0.29) is 0 Å². The first-order chi connectivity index (χ1) is 9.13. The number of nitrogens with one attached hydrogen (secondary N) is 1. The zero-order valence-electron chi connectivity index (χ0n) is 11.3. The third-order valence-electron chi connectivity index (χ3n) is 4.43. The Hall–Kier alpha value is -0.440. The van der Waals surface area contributed by atoms with Crippen LogP contribution < -0.4 is 5.32 Å². The van der Waals surface area contributed by atoms with E-state index in [1.54, 1.807) is 0 Å². The third kappa shape index (κ3) is 2.86. The van der Waals surface area contributed by atoms with Gasteiger partial charge in [0.05, 0.1) is 10.7 Å². The summed E-state index contributed by atoms with van der Waals surface area (Å²) >= 11 is 12.5. The Labute approximate surface area is 125 Å². The number of anilines is 1.